The van der Waals surface area contributed by atoms with Crippen LogP contribution in [0.1, 0.15) is 37.8 Å². The summed E-state index contributed by atoms with van der Waals surface area (Å²) in [5.74, 6) is -0.145. The van der Waals surface area contributed by atoms with Crippen LogP contribution in [0.5, 0.6) is 0 Å². The fourth-order valence-electron chi connectivity index (χ4n) is 1.93. The zero-order chi connectivity index (χ0) is 12.0. The van der Waals surface area contributed by atoms with Crippen LogP contribution in [0.3, 0.4) is 0 Å². The minimum Gasteiger partial charge on any atom is -0.314 e. The SMILES string of the molecule is CCCC(C)NCCc1ccc(F)cc1C. The quantitative estimate of drug-likeness (QED) is 0.779. The van der Waals surface area contributed by atoms with Gasteiger partial charge in [0.15, 0.2) is 0 Å². The summed E-state index contributed by atoms with van der Waals surface area (Å²) >= 11 is 0. The van der Waals surface area contributed by atoms with Gasteiger partial charge in [-0.15, -0.1) is 0 Å². The molecule has 90 valence electrons. The standard InChI is InChI=1S/C14H22FN/c1-4-5-12(3)16-9-8-13-6-7-14(15)10-11(13)2/h6-7,10,12,16H,4-5,8-9H2,1-3H3. The predicted molar refractivity (Wildman–Crippen MR) is 67.2 cm³/mol. The molecule has 1 nitrogen and oxygen atoms in total. The highest BCUT2D eigenvalue weighted by Gasteiger charge is 2.02. The fraction of sp³-hybridized carbons (Fsp3) is 0.571. The molecule has 0 saturated carbocycles. The number of benzene rings is 1. The summed E-state index contributed by atoms with van der Waals surface area (Å²) < 4.78 is 12.9. The molecule has 0 aliphatic heterocycles. The van der Waals surface area contributed by atoms with Crippen molar-refractivity contribution in [1.82, 2.24) is 5.32 Å². The number of aryl methyl sites for hydroxylation is 1. The van der Waals surface area contributed by atoms with Crippen LogP contribution < -0.4 is 5.32 Å². The Bertz CT molecular complexity index is 323. The monoisotopic (exact) mass is 223 g/mol. The molecule has 1 rings (SSSR count). The van der Waals surface area contributed by atoms with Gasteiger partial charge < -0.3 is 5.32 Å². The lowest BCUT2D eigenvalue weighted by Gasteiger charge is -2.13. The van der Waals surface area contributed by atoms with E-state index in [4.69, 9.17) is 0 Å². The molecular weight excluding hydrogens is 201 g/mol. The van der Waals surface area contributed by atoms with Crippen molar-refractivity contribution in [2.24, 2.45) is 0 Å². The first kappa shape index (κ1) is 13.2. The highest BCUT2D eigenvalue weighted by atomic mass is 19.1. The molecule has 2 heteroatoms. The Balaban J connectivity index is 2.37. The topological polar surface area (TPSA) is 12.0 Å². The van der Waals surface area contributed by atoms with Gasteiger partial charge in [0, 0.05) is 6.04 Å². The van der Waals surface area contributed by atoms with Gasteiger partial charge in [-0.1, -0.05) is 19.4 Å². The number of hydrogen-bond donors (Lipinski definition) is 1. The minimum absolute atomic E-state index is 0.145. The van der Waals surface area contributed by atoms with E-state index in [-0.39, 0.29) is 5.82 Å². The summed E-state index contributed by atoms with van der Waals surface area (Å²) in [4.78, 5) is 0. The van der Waals surface area contributed by atoms with Crippen molar-refractivity contribution in [3.05, 3.63) is 35.1 Å². The van der Waals surface area contributed by atoms with Crippen molar-refractivity contribution in [2.45, 2.75) is 46.1 Å². The first-order chi connectivity index (χ1) is 7.63. The Hall–Kier alpha value is -0.890. The lowest BCUT2D eigenvalue weighted by molar-refractivity contribution is 0.511. The number of rotatable bonds is 6. The molecule has 1 atom stereocenters. The molecule has 0 bridgehead atoms. The number of hydrogen-bond acceptors (Lipinski definition) is 1. The summed E-state index contributed by atoms with van der Waals surface area (Å²) in [6, 6.07) is 5.60. The van der Waals surface area contributed by atoms with Crippen molar-refractivity contribution in [3.8, 4) is 0 Å². The molecule has 0 aliphatic rings. The summed E-state index contributed by atoms with van der Waals surface area (Å²) in [5, 5.41) is 3.48. The zero-order valence-corrected chi connectivity index (χ0v) is 10.5. The highest BCUT2D eigenvalue weighted by molar-refractivity contribution is 5.26. The van der Waals surface area contributed by atoms with Crippen LogP contribution in [0.25, 0.3) is 0 Å². The summed E-state index contributed by atoms with van der Waals surface area (Å²) in [5.41, 5.74) is 2.28. The van der Waals surface area contributed by atoms with E-state index in [2.05, 4.69) is 19.2 Å². The van der Waals surface area contributed by atoms with Gasteiger partial charge in [-0.05, 0) is 56.5 Å². The number of nitrogens with one attached hydrogen (secondary N) is 1. The van der Waals surface area contributed by atoms with Gasteiger partial charge >= 0.3 is 0 Å². The second-order valence-electron chi connectivity index (χ2n) is 4.46. The van der Waals surface area contributed by atoms with E-state index in [1.165, 1.54) is 24.5 Å². The molecule has 0 aromatic heterocycles. The van der Waals surface area contributed by atoms with Crippen molar-refractivity contribution in [2.75, 3.05) is 6.54 Å². The van der Waals surface area contributed by atoms with Gasteiger partial charge in [0.2, 0.25) is 0 Å². The summed E-state index contributed by atoms with van der Waals surface area (Å²) in [7, 11) is 0. The Morgan fingerprint density at radius 2 is 2.12 bits per heavy atom. The molecule has 0 heterocycles. The third-order valence-electron chi connectivity index (χ3n) is 2.91. The van der Waals surface area contributed by atoms with E-state index in [0.29, 0.717) is 6.04 Å². The largest absolute Gasteiger partial charge is 0.314 e. The second kappa shape index (κ2) is 6.64. The van der Waals surface area contributed by atoms with Crippen LogP contribution in [-0.2, 0) is 6.42 Å². The van der Waals surface area contributed by atoms with Crippen molar-refractivity contribution < 1.29 is 4.39 Å². The Kier molecular flexibility index (Phi) is 5.47. The summed E-state index contributed by atoms with van der Waals surface area (Å²) in [6.45, 7) is 7.34. The molecule has 1 aromatic carbocycles. The summed E-state index contributed by atoms with van der Waals surface area (Å²) in [6.07, 6.45) is 3.40. The predicted octanol–water partition coefficient (Wildman–Crippen LogP) is 3.45. The Labute approximate surface area is 98.1 Å². The molecule has 0 aliphatic carbocycles. The molecular formula is C14H22FN. The highest BCUT2D eigenvalue weighted by Crippen LogP contribution is 2.10. The molecule has 1 N–H and O–H groups in total. The molecule has 16 heavy (non-hydrogen) atoms. The smallest absolute Gasteiger partial charge is 0.123 e. The maximum absolute atomic E-state index is 12.9. The van der Waals surface area contributed by atoms with Crippen LogP contribution in [0.15, 0.2) is 18.2 Å². The molecule has 0 saturated heterocycles. The minimum atomic E-state index is -0.145. The first-order valence-corrected chi connectivity index (χ1v) is 6.12. The van der Waals surface area contributed by atoms with Crippen LogP contribution >= 0.6 is 0 Å². The molecule has 1 unspecified atom stereocenters. The third-order valence-corrected chi connectivity index (χ3v) is 2.91. The third kappa shape index (κ3) is 4.31. The second-order valence-corrected chi connectivity index (χ2v) is 4.46. The first-order valence-electron chi connectivity index (χ1n) is 6.12. The van der Waals surface area contributed by atoms with Gasteiger partial charge in [0.25, 0.3) is 0 Å². The van der Waals surface area contributed by atoms with E-state index < -0.39 is 0 Å². The van der Waals surface area contributed by atoms with E-state index in [9.17, 15) is 4.39 Å². The van der Waals surface area contributed by atoms with Crippen LogP contribution in [-0.4, -0.2) is 12.6 Å². The van der Waals surface area contributed by atoms with Crippen molar-refractivity contribution >= 4 is 0 Å². The van der Waals surface area contributed by atoms with Gasteiger partial charge in [-0.2, -0.15) is 0 Å². The average Bonchev–Trinajstić information content (AvgIpc) is 2.22. The van der Waals surface area contributed by atoms with E-state index in [1.807, 2.05) is 13.0 Å². The maximum atomic E-state index is 12.9. The van der Waals surface area contributed by atoms with Gasteiger partial charge in [0.1, 0.15) is 5.82 Å². The molecule has 1 aromatic rings. The van der Waals surface area contributed by atoms with Gasteiger partial charge in [-0.25, -0.2) is 4.39 Å². The molecule has 0 spiro atoms. The average molecular weight is 223 g/mol. The number of halogens is 1. The molecule has 0 radical (unpaired) electrons. The Morgan fingerprint density at radius 3 is 2.75 bits per heavy atom. The van der Waals surface area contributed by atoms with E-state index in [0.717, 1.165) is 18.5 Å². The van der Waals surface area contributed by atoms with Crippen LogP contribution in [0, 0.1) is 12.7 Å². The zero-order valence-electron chi connectivity index (χ0n) is 10.5. The van der Waals surface area contributed by atoms with Gasteiger partial charge in [-0.3, -0.25) is 0 Å². The lowest BCUT2D eigenvalue weighted by Crippen LogP contribution is -2.27. The van der Waals surface area contributed by atoms with Crippen LogP contribution in [0.4, 0.5) is 4.39 Å². The van der Waals surface area contributed by atoms with Gasteiger partial charge in [0.05, 0.1) is 0 Å². The van der Waals surface area contributed by atoms with E-state index in [1.54, 1.807) is 6.07 Å². The normalized spacial score (nSPS) is 12.8. The van der Waals surface area contributed by atoms with Crippen molar-refractivity contribution in [1.29, 1.82) is 0 Å². The van der Waals surface area contributed by atoms with Crippen molar-refractivity contribution in [3.63, 3.8) is 0 Å². The Morgan fingerprint density at radius 1 is 1.38 bits per heavy atom. The van der Waals surface area contributed by atoms with Crippen LogP contribution in [0.2, 0.25) is 0 Å². The molecule has 0 amide bonds. The maximum Gasteiger partial charge on any atom is 0.123 e. The fourth-order valence-corrected chi connectivity index (χ4v) is 1.93. The molecule has 0 fully saturated rings. The van der Waals surface area contributed by atoms with E-state index >= 15 is 0 Å². The lowest BCUT2D eigenvalue weighted by atomic mass is 10.1.